The molecule has 4 heteroatoms. The Balaban J connectivity index is 1.89. The fourth-order valence-corrected chi connectivity index (χ4v) is 4.98. The fourth-order valence-electron chi connectivity index (χ4n) is 4.04. The first-order valence-corrected chi connectivity index (χ1v) is 9.75. The monoisotopic (exact) mass is 360 g/mol. The zero-order valence-electron chi connectivity index (χ0n) is 15.6. The largest absolute Gasteiger partial charge is 0.449 e. The summed E-state index contributed by atoms with van der Waals surface area (Å²) in [5.41, 5.74) is 6.12. The number of thiophene rings is 1. The van der Waals surface area contributed by atoms with Crippen molar-refractivity contribution in [3.8, 4) is 0 Å². The maximum absolute atomic E-state index is 9.33. The second-order valence-electron chi connectivity index (χ2n) is 7.98. The average molecular weight is 360 g/mol. The lowest BCUT2D eigenvalue weighted by molar-refractivity contribution is 0.616. The van der Waals surface area contributed by atoms with Crippen LogP contribution in [0, 0.1) is 0 Å². The zero-order chi connectivity index (χ0) is 18.5. The van der Waals surface area contributed by atoms with Crippen LogP contribution in [0.5, 0.6) is 0 Å². The molecule has 1 aliphatic rings. The molecule has 0 saturated heterocycles. The van der Waals surface area contributed by atoms with Gasteiger partial charge in [0.1, 0.15) is 0 Å². The Morgan fingerprint density at radius 2 is 1.69 bits per heavy atom. The summed E-state index contributed by atoms with van der Waals surface area (Å²) in [5, 5.41) is 13.0. The molecule has 3 aromatic rings. The molecular formula is C22H23BNOS. The maximum Gasteiger partial charge on any atom is 0.337 e. The lowest BCUT2D eigenvalue weighted by Crippen LogP contribution is -2.29. The second kappa shape index (κ2) is 6.00. The summed E-state index contributed by atoms with van der Waals surface area (Å²) in [5.74, 6) is 0. The minimum atomic E-state index is -0.160. The number of para-hydroxylation sites is 2. The number of nitrogens with one attached hydrogen (secondary N) is 1. The van der Waals surface area contributed by atoms with Crippen LogP contribution >= 0.6 is 11.3 Å². The van der Waals surface area contributed by atoms with Crippen molar-refractivity contribution in [2.75, 3.05) is 5.32 Å². The molecule has 2 heterocycles. The lowest BCUT2D eigenvalue weighted by atomic mass is 9.71. The summed E-state index contributed by atoms with van der Waals surface area (Å²) in [7, 11) is 1.18. The summed E-state index contributed by atoms with van der Waals surface area (Å²) in [6, 6.07) is 19.3. The summed E-state index contributed by atoms with van der Waals surface area (Å²) in [4.78, 5) is 1.24. The van der Waals surface area contributed by atoms with Gasteiger partial charge >= 0.3 is 7.48 Å². The van der Waals surface area contributed by atoms with Crippen molar-refractivity contribution in [3.05, 3.63) is 76.2 Å². The predicted molar refractivity (Wildman–Crippen MR) is 112 cm³/mol. The number of fused-ring (bicyclic) bond motifs is 2. The number of anilines is 2. The molecule has 2 aromatic carbocycles. The van der Waals surface area contributed by atoms with Crippen molar-refractivity contribution in [3.63, 3.8) is 0 Å². The van der Waals surface area contributed by atoms with Gasteiger partial charge in [-0.05, 0) is 33.6 Å². The van der Waals surface area contributed by atoms with Crippen LogP contribution in [-0.2, 0) is 10.8 Å². The quantitative estimate of drug-likeness (QED) is 0.664. The van der Waals surface area contributed by atoms with Crippen molar-refractivity contribution >= 4 is 35.0 Å². The predicted octanol–water partition coefficient (Wildman–Crippen LogP) is 4.69. The first-order valence-electron chi connectivity index (χ1n) is 8.94. The van der Waals surface area contributed by atoms with Gasteiger partial charge in [0.2, 0.25) is 0 Å². The fraction of sp³-hybridized carbons (Fsp3) is 0.273. The van der Waals surface area contributed by atoms with Gasteiger partial charge in [0, 0.05) is 27.1 Å². The van der Waals surface area contributed by atoms with E-state index in [4.69, 9.17) is 0 Å². The van der Waals surface area contributed by atoms with Gasteiger partial charge in [-0.2, -0.15) is 11.3 Å². The van der Waals surface area contributed by atoms with Gasteiger partial charge in [-0.3, -0.25) is 0 Å². The highest BCUT2D eigenvalue weighted by Crippen LogP contribution is 2.49. The number of benzene rings is 2. The van der Waals surface area contributed by atoms with Crippen LogP contribution in [0.4, 0.5) is 11.4 Å². The lowest BCUT2D eigenvalue weighted by Gasteiger charge is -2.39. The van der Waals surface area contributed by atoms with Crippen molar-refractivity contribution in [2.45, 2.75) is 38.5 Å². The highest BCUT2D eigenvalue weighted by Gasteiger charge is 2.36. The Morgan fingerprint density at radius 3 is 2.42 bits per heavy atom. The van der Waals surface area contributed by atoms with E-state index in [1.165, 1.54) is 40.4 Å². The van der Waals surface area contributed by atoms with E-state index in [0.717, 1.165) is 4.78 Å². The van der Waals surface area contributed by atoms with Crippen LogP contribution in [0.3, 0.4) is 0 Å². The topological polar surface area (TPSA) is 32.3 Å². The molecule has 1 aromatic heterocycles. The van der Waals surface area contributed by atoms with Crippen LogP contribution in [-0.4, -0.2) is 12.5 Å². The molecule has 0 fully saturated rings. The molecule has 2 N–H and O–H groups in total. The van der Waals surface area contributed by atoms with Gasteiger partial charge in [-0.1, -0.05) is 70.2 Å². The Morgan fingerprint density at radius 1 is 0.962 bits per heavy atom. The number of hydrogen-bond donors (Lipinski definition) is 2. The van der Waals surface area contributed by atoms with E-state index in [1.54, 1.807) is 11.3 Å². The van der Waals surface area contributed by atoms with Crippen molar-refractivity contribution in [1.82, 2.24) is 0 Å². The highest BCUT2D eigenvalue weighted by atomic mass is 32.1. The Labute approximate surface area is 160 Å². The van der Waals surface area contributed by atoms with E-state index in [0.29, 0.717) is 0 Å². The van der Waals surface area contributed by atoms with E-state index >= 15 is 0 Å². The summed E-state index contributed by atoms with van der Waals surface area (Å²) in [6.07, 6.45) is 0. The molecule has 0 unspecified atom stereocenters. The maximum atomic E-state index is 9.33. The van der Waals surface area contributed by atoms with Gasteiger partial charge in [0.15, 0.2) is 0 Å². The summed E-state index contributed by atoms with van der Waals surface area (Å²) >= 11 is 1.64. The molecule has 26 heavy (non-hydrogen) atoms. The molecule has 2 nitrogen and oxygen atoms in total. The third-order valence-corrected chi connectivity index (χ3v) is 6.98. The molecule has 1 aliphatic heterocycles. The highest BCUT2D eigenvalue weighted by molar-refractivity contribution is 7.21. The molecule has 1 radical (unpaired) electrons. The van der Waals surface area contributed by atoms with Gasteiger partial charge in [-0.15, -0.1) is 0 Å². The van der Waals surface area contributed by atoms with Crippen molar-refractivity contribution in [1.29, 1.82) is 0 Å². The summed E-state index contributed by atoms with van der Waals surface area (Å²) in [6.45, 7) is 9.11. The first kappa shape index (κ1) is 17.4. The van der Waals surface area contributed by atoms with E-state index in [2.05, 4.69) is 81.5 Å². The van der Waals surface area contributed by atoms with E-state index in [9.17, 15) is 5.02 Å². The molecule has 0 spiro atoms. The van der Waals surface area contributed by atoms with E-state index < -0.39 is 0 Å². The smallest absolute Gasteiger partial charge is 0.337 e. The van der Waals surface area contributed by atoms with Crippen LogP contribution in [0.2, 0.25) is 0 Å². The molecule has 131 valence electrons. The molecule has 0 atom stereocenters. The minimum absolute atomic E-state index is 0.0528. The Kier molecular flexibility index (Phi) is 4.01. The average Bonchev–Trinajstić information content (AvgIpc) is 3.11. The third-order valence-electron chi connectivity index (χ3n) is 5.64. The van der Waals surface area contributed by atoms with E-state index in [1.807, 2.05) is 6.07 Å². The normalized spacial score (nSPS) is 15.0. The van der Waals surface area contributed by atoms with Crippen molar-refractivity contribution < 1.29 is 5.02 Å². The first-order chi connectivity index (χ1) is 12.4. The van der Waals surface area contributed by atoms with Gasteiger partial charge in [0.25, 0.3) is 0 Å². The standard InChI is InChI=1S/C22H23BNOS/c1-21(2)14-8-5-6-11-17(14)24-20-15(21)9-7-10-16(20)22(3,4)18-12-13-19(23-25)26-18/h5-13,24-25H,1-4H3. The minimum Gasteiger partial charge on any atom is -0.449 e. The Hall–Kier alpha value is -2.04. The molecule has 4 rings (SSSR count). The Bertz CT molecular complexity index is 974. The van der Waals surface area contributed by atoms with E-state index in [-0.39, 0.29) is 10.8 Å². The summed E-state index contributed by atoms with van der Waals surface area (Å²) < 4.78 is 0.886. The van der Waals surface area contributed by atoms with Crippen LogP contribution in [0.1, 0.15) is 49.3 Å². The van der Waals surface area contributed by atoms with Crippen LogP contribution in [0.25, 0.3) is 0 Å². The second-order valence-corrected chi connectivity index (χ2v) is 9.10. The number of rotatable bonds is 3. The SMILES string of the molecule is CC(C)(c1ccc([B]O)s1)c1cccc2c1Nc1ccccc1C2(C)C. The van der Waals surface area contributed by atoms with Crippen molar-refractivity contribution in [2.24, 2.45) is 0 Å². The van der Waals surface area contributed by atoms with Crippen LogP contribution < -0.4 is 10.1 Å². The van der Waals surface area contributed by atoms with Crippen LogP contribution in [0.15, 0.2) is 54.6 Å². The molecular weight excluding hydrogens is 337 g/mol. The third kappa shape index (κ3) is 2.51. The number of hydrogen-bond acceptors (Lipinski definition) is 3. The molecule has 0 bridgehead atoms. The van der Waals surface area contributed by atoms with Gasteiger partial charge in [0.05, 0.1) is 0 Å². The van der Waals surface area contributed by atoms with Gasteiger partial charge in [-0.25, -0.2) is 0 Å². The zero-order valence-corrected chi connectivity index (χ0v) is 16.4. The van der Waals surface area contributed by atoms with Gasteiger partial charge < -0.3 is 10.3 Å². The molecule has 0 saturated carbocycles. The molecule has 0 aliphatic carbocycles. The molecule has 0 amide bonds.